The Hall–Kier alpha value is -3.80. The van der Waals surface area contributed by atoms with Crippen LogP contribution < -0.4 is 5.32 Å². The molecule has 1 heterocycles. The van der Waals surface area contributed by atoms with Crippen LogP contribution in [0.5, 0.6) is 0 Å². The molecule has 0 aromatic heterocycles. The van der Waals surface area contributed by atoms with Crippen molar-refractivity contribution in [3.8, 4) is 0 Å². The third-order valence-corrected chi connectivity index (χ3v) is 5.80. The van der Waals surface area contributed by atoms with Crippen LogP contribution in [0.25, 0.3) is 0 Å². The van der Waals surface area contributed by atoms with E-state index in [4.69, 9.17) is 9.47 Å². The second-order valence-electron chi connectivity index (χ2n) is 8.11. The topological polar surface area (TPSA) is 67.9 Å². The molecule has 170 valence electrons. The van der Waals surface area contributed by atoms with Gasteiger partial charge in [-0.15, -0.1) is 0 Å². The van der Waals surface area contributed by atoms with Gasteiger partial charge >= 0.3 is 12.2 Å². The summed E-state index contributed by atoms with van der Waals surface area (Å²) in [6, 6.07) is 27.1. The van der Waals surface area contributed by atoms with Crippen LogP contribution in [0.3, 0.4) is 0 Å². The van der Waals surface area contributed by atoms with Gasteiger partial charge in [0.2, 0.25) is 0 Å². The molecule has 1 saturated heterocycles. The van der Waals surface area contributed by atoms with Crippen LogP contribution in [0.2, 0.25) is 0 Å². The fourth-order valence-corrected chi connectivity index (χ4v) is 3.92. The molecule has 2 amide bonds. The highest BCUT2D eigenvalue weighted by molar-refractivity contribution is 5.84. The lowest BCUT2D eigenvalue weighted by Gasteiger charge is -2.31. The van der Waals surface area contributed by atoms with Gasteiger partial charge in [0, 0.05) is 18.8 Å². The quantitative estimate of drug-likeness (QED) is 0.510. The summed E-state index contributed by atoms with van der Waals surface area (Å²) in [7, 11) is 0. The minimum absolute atomic E-state index is 0.233. The predicted molar refractivity (Wildman–Crippen MR) is 127 cm³/mol. The lowest BCUT2D eigenvalue weighted by Crippen LogP contribution is -2.38. The van der Waals surface area contributed by atoms with E-state index in [2.05, 4.69) is 5.32 Å². The van der Waals surface area contributed by atoms with Gasteiger partial charge in [0.15, 0.2) is 0 Å². The zero-order chi connectivity index (χ0) is 22.9. The summed E-state index contributed by atoms with van der Waals surface area (Å²) in [5.74, 6) is 0.377. The number of piperidine rings is 1. The van der Waals surface area contributed by atoms with E-state index in [0.717, 1.165) is 24.0 Å². The van der Waals surface area contributed by atoms with Crippen LogP contribution in [-0.2, 0) is 22.7 Å². The van der Waals surface area contributed by atoms with Crippen LogP contribution in [0, 0.1) is 0 Å². The molecular formula is C27H28N2O4. The molecule has 33 heavy (non-hydrogen) atoms. The van der Waals surface area contributed by atoms with Crippen molar-refractivity contribution in [1.82, 2.24) is 4.90 Å². The fourth-order valence-electron chi connectivity index (χ4n) is 3.92. The Balaban J connectivity index is 1.20. The standard InChI is InChI=1S/C27H28N2O4/c30-26(32-19-21-7-3-1-4-8-21)28-25-13-11-23(12-14-25)24-15-17-29(18-16-24)27(31)33-20-22-9-5-2-6-10-22/h1-14,24H,15-20H2,(H,28,30). The molecular weight excluding hydrogens is 416 g/mol. The number of ether oxygens (including phenoxy) is 2. The molecule has 0 radical (unpaired) electrons. The van der Waals surface area contributed by atoms with Crippen LogP contribution >= 0.6 is 0 Å². The number of benzene rings is 3. The first-order chi connectivity index (χ1) is 16.2. The van der Waals surface area contributed by atoms with Gasteiger partial charge in [-0.25, -0.2) is 9.59 Å². The number of anilines is 1. The van der Waals surface area contributed by atoms with Crippen LogP contribution in [0.4, 0.5) is 15.3 Å². The normalized spacial score (nSPS) is 13.9. The zero-order valence-corrected chi connectivity index (χ0v) is 18.5. The average Bonchev–Trinajstić information content (AvgIpc) is 2.88. The maximum Gasteiger partial charge on any atom is 0.411 e. The number of carbonyl (C=O) groups is 2. The second-order valence-corrected chi connectivity index (χ2v) is 8.11. The Morgan fingerprint density at radius 3 is 1.88 bits per heavy atom. The number of amides is 2. The Labute approximate surface area is 194 Å². The average molecular weight is 445 g/mol. The van der Waals surface area contributed by atoms with Gasteiger partial charge in [-0.1, -0.05) is 72.8 Å². The third-order valence-electron chi connectivity index (χ3n) is 5.80. The summed E-state index contributed by atoms with van der Waals surface area (Å²) in [6.45, 7) is 1.87. The Morgan fingerprint density at radius 1 is 0.758 bits per heavy atom. The molecule has 1 aliphatic heterocycles. The lowest BCUT2D eigenvalue weighted by atomic mass is 9.89. The van der Waals surface area contributed by atoms with E-state index < -0.39 is 6.09 Å². The predicted octanol–water partition coefficient (Wildman–Crippen LogP) is 5.95. The van der Waals surface area contributed by atoms with Gasteiger partial charge in [0.05, 0.1) is 0 Å². The summed E-state index contributed by atoms with van der Waals surface area (Å²) in [4.78, 5) is 26.2. The maximum atomic E-state index is 12.4. The molecule has 3 aromatic rings. The Morgan fingerprint density at radius 2 is 1.30 bits per heavy atom. The number of rotatable bonds is 6. The lowest BCUT2D eigenvalue weighted by molar-refractivity contribution is 0.0870. The van der Waals surface area contributed by atoms with Crippen molar-refractivity contribution < 1.29 is 19.1 Å². The molecule has 0 atom stereocenters. The van der Waals surface area contributed by atoms with Gasteiger partial charge in [-0.05, 0) is 47.6 Å². The van der Waals surface area contributed by atoms with E-state index in [1.165, 1.54) is 5.56 Å². The van der Waals surface area contributed by atoms with Crippen LogP contribution in [-0.4, -0.2) is 30.2 Å². The van der Waals surface area contributed by atoms with Gasteiger partial charge in [-0.2, -0.15) is 0 Å². The molecule has 3 aromatic carbocycles. The summed E-state index contributed by atoms with van der Waals surface area (Å²) in [6.07, 6.45) is 1.03. The van der Waals surface area contributed by atoms with Crippen molar-refractivity contribution in [2.24, 2.45) is 0 Å². The van der Waals surface area contributed by atoms with E-state index in [1.54, 1.807) is 4.90 Å². The molecule has 4 rings (SSSR count). The molecule has 6 nitrogen and oxygen atoms in total. The smallest absolute Gasteiger partial charge is 0.411 e. The molecule has 0 aliphatic carbocycles. The minimum atomic E-state index is -0.478. The van der Waals surface area contributed by atoms with Gasteiger partial charge in [-0.3, -0.25) is 5.32 Å². The SMILES string of the molecule is O=C(Nc1ccc(C2CCN(C(=O)OCc3ccccc3)CC2)cc1)OCc1ccccc1. The number of hydrogen-bond donors (Lipinski definition) is 1. The van der Waals surface area contributed by atoms with E-state index in [9.17, 15) is 9.59 Å². The molecule has 1 N–H and O–H groups in total. The van der Waals surface area contributed by atoms with Crippen molar-refractivity contribution in [3.05, 3.63) is 102 Å². The number of nitrogens with zero attached hydrogens (tertiary/aromatic N) is 1. The monoisotopic (exact) mass is 444 g/mol. The highest BCUT2D eigenvalue weighted by atomic mass is 16.6. The van der Waals surface area contributed by atoms with Crippen LogP contribution in [0.15, 0.2) is 84.9 Å². The van der Waals surface area contributed by atoms with E-state index in [-0.39, 0.29) is 12.7 Å². The number of likely N-dealkylation sites (tertiary alicyclic amines) is 1. The van der Waals surface area contributed by atoms with Crippen molar-refractivity contribution in [1.29, 1.82) is 0 Å². The summed E-state index contributed by atoms with van der Waals surface area (Å²) < 4.78 is 10.7. The van der Waals surface area contributed by atoms with Crippen molar-refractivity contribution >= 4 is 17.9 Å². The molecule has 0 spiro atoms. The fraction of sp³-hybridized carbons (Fsp3) is 0.259. The van der Waals surface area contributed by atoms with Gasteiger partial charge in [0.1, 0.15) is 13.2 Å². The number of hydrogen-bond acceptors (Lipinski definition) is 4. The van der Waals surface area contributed by atoms with E-state index in [0.29, 0.717) is 31.3 Å². The first-order valence-corrected chi connectivity index (χ1v) is 11.2. The summed E-state index contributed by atoms with van der Waals surface area (Å²) in [5, 5.41) is 2.76. The maximum absolute atomic E-state index is 12.4. The van der Waals surface area contributed by atoms with Gasteiger partial charge < -0.3 is 14.4 Å². The second kappa shape index (κ2) is 11.2. The van der Waals surface area contributed by atoms with Crippen molar-refractivity contribution in [2.75, 3.05) is 18.4 Å². The number of carbonyl (C=O) groups excluding carboxylic acids is 2. The Kier molecular flexibility index (Phi) is 7.59. The van der Waals surface area contributed by atoms with Crippen LogP contribution in [0.1, 0.15) is 35.4 Å². The molecule has 1 aliphatic rings. The molecule has 0 bridgehead atoms. The van der Waals surface area contributed by atoms with Crippen molar-refractivity contribution in [3.63, 3.8) is 0 Å². The van der Waals surface area contributed by atoms with Crippen molar-refractivity contribution in [2.45, 2.75) is 32.0 Å². The summed E-state index contributed by atoms with van der Waals surface area (Å²) >= 11 is 0. The first kappa shape index (κ1) is 22.4. The zero-order valence-electron chi connectivity index (χ0n) is 18.5. The largest absolute Gasteiger partial charge is 0.445 e. The molecule has 6 heteroatoms. The highest BCUT2D eigenvalue weighted by Gasteiger charge is 2.24. The number of nitrogens with one attached hydrogen (secondary N) is 1. The Bertz CT molecular complexity index is 1030. The van der Waals surface area contributed by atoms with E-state index >= 15 is 0 Å². The first-order valence-electron chi connectivity index (χ1n) is 11.2. The summed E-state index contributed by atoms with van der Waals surface area (Å²) in [5.41, 5.74) is 3.82. The minimum Gasteiger partial charge on any atom is -0.445 e. The highest BCUT2D eigenvalue weighted by Crippen LogP contribution is 2.29. The third kappa shape index (κ3) is 6.59. The molecule has 0 saturated carbocycles. The molecule has 1 fully saturated rings. The van der Waals surface area contributed by atoms with E-state index in [1.807, 2.05) is 84.9 Å². The van der Waals surface area contributed by atoms with Gasteiger partial charge in [0.25, 0.3) is 0 Å². The molecule has 0 unspecified atom stereocenters.